The SMILES string of the molecule is Cn1nccc1CCC(CBr)(CBr)c1ccccc1Br. The smallest absolute Gasteiger partial charge is 0.0492 e. The van der Waals surface area contributed by atoms with Crippen molar-refractivity contribution in [1.82, 2.24) is 9.78 Å². The van der Waals surface area contributed by atoms with E-state index in [-0.39, 0.29) is 5.41 Å². The van der Waals surface area contributed by atoms with E-state index in [1.54, 1.807) is 0 Å². The van der Waals surface area contributed by atoms with Gasteiger partial charge in [0.1, 0.15) is 0 Å². The molecule has 2 aromatic rings. The van der Waals surface area contributed by atoms with Gasteiger partial charge in [-0.15, -0.1) is 0 Å². The maximum atomic E-state index is 4.24. The van der Waals surface area contributed by atoms with Crippen molar-refractivity contribution in [2.45, 2.75) is 18.3 Å². The number of aryl methyl sites for hydroxylation is 2. The molecular formula is C15H17Br3N2. The van der Waals surface area contributed by atoms with Crippen molar-refractivity contribution in [1.29, 1.82) is 0 Å². The van der Waals surface area contributed by atoms with Gasteiger partial charge in [-0.2, -0.15) is 5.10 Å². The summed E-state index contributed by atoms with van der Waals surface area (Å²) in [5, 5.41) is 6.09. The number of aromatic nitrogens is 2. The van der Waals surface area contributed by atoms with Crippen LogP contribution in [0.5, 0.6) is 0 Å². The second-order valence-corrected chi connectivity index (χ2v) is 6.95. The van der Waals surface area contributed by atoms with E-state index >= 15 is 0 Å². The van der Waals surface area contributed by atoms with E-state index in [0.717, 1.165) is 23.5 Å². The van der Waals surface area contributed by atoms with Crippen molar-refractivity contribution in [3.63, 3.8) is 0 Å². The zero-order valence-corrected chi connectivity index (χ0v) is 16.1. The Bertz CT molecular complexity index is 562. The molecule has 0 fully saturated rings. The van der Waals surface area contributed by atoms with E-state index in [2.05, 4.69) is 83.2 Å². The van der Waals surface area contributed by atoms with Crippen LogP contribution in [-0.2, 0) is 18.9 Å². The molecule has 1 heterocycles. The molecule has 0 aliphatic heterocycles. The molecule has 108 valence electrons. The Morgan fingerprint density at radius 1 is 1.15 bits per heavy atom. The second kappa shape index (κ2) is 7.23. The molecule has 20 heavy (non-hydrogen) atoms. The van der Waals surface area contributed by atoms with Crippen LogP contribution in [0.4, 0.5) is 0 Å². The predicted octanol–water partition coefficient (Wildman–Crippen LogP) is 4.84. The van der Waals surface area contributed by atoms with Gasteiger partial charge >= 0.3 is 0 Å². The average Bonchev–Trinajstić information content (AvgIpc) is 2.87. The van der Waals surface area contributed by atoms with Gasteiger partial charge in [0.15, 0.2) is 0 Å². The number of hydrogen-bond donors (Lipinski definition) is 0. The van der Waals surface area contributed by atoms with Gasteiger partial charge in [-0.25, -0.2) is 0 Å². The lowest BCUT2D eigenvalue weighted by Crippen LogP contribution is -2.31. The molecule has 2 nitrogen and oxygen atoms in total. The summed E-state index contributed by atoms with van der Waals surface area (Å²) >= 11 is 11.1. The number of hydrogen-bond acceptors (Lipinski definition) is 1. The minimum atomic E-state index is 0.0738. The number of alkyl halides is 2. The van der Waals surface area contributed by atoms with Crippen molar-refractivity contribution in [3.8, 4) is 0 Å². The zero-order valence-electron chi connectivity index (χ0n) is 11.3. The maximum absolute atomic E-state index is 4.24. The van der Waals surface area contributed by atoms with Gasteiger partial charge < -0.3 is 0 Å². The van der Waals surface area contributed by atoms with Gasteiger partial charge in [0.2, 0.25) is 0 Å². The van der Waals surface area contributed by atoms with Crippen LogP contribution in [0.2, 0.25) is 0 Å². The Hall–Kier alpha value is -0.130. The quantitative estimate of drug-likeness (QED) is 0.559. The highest BCUT2D eigenvalue weighted by Gasteiger charge is 2.31. The second-order valence-electron chi connectivity index (χ2n) is 4.97. The van der Waals surface area contributed by atoms with Crippen molar-refractivity contribution in [2.75, 3.05) is 10.7 Å². The van der Waals surface area contributed by atoms with Gasteiger partial charge in [0, 0.05) is 39.5 Å². The fourth-order valence-electron chi connectivity index (χ4n) is 2.35. The number of halogens is 3. The van der Waals surface area contributed by atoms with Gasteiger partial charge in [0.05, 0.1) is 0 Å². The number of benzene rings is 1. The van der Waals surface area contributed by atoms with Gasteiger partial charge in [-0.05, 0) is 30.5 Å². The molecule has 0 aliphatic carbocycles. The first kappa shape index (κ1) is 16.2. The lowest BCUT2D eigenvalue weighted by molar-refractivity contribution is 0.492. The standard InChI is InChI=1S/C15H17Br3N2/c1-20-12(7-9-19-20)6-8-15(10-16,11-17)13-4-2-3-5-14(13)18/h2-5,7,9H,6,8,10-11H2,1H3. The topological polar surface area (TPSA) is 17.8 Å². The van der Waals surface area contributed by atoms with Crippen molar-refractivity contribution in [2.24, 2.45) is 7.05 Å². The number of nitrogens with zero attached hydrogens (tertiary/aromatic N) is 2. The van der Waals surface area contributed by atoms with Gasteiger partial charge in [-0.1, -0.05) is 66.0 Å². The fraction of sp³-hybridized carbons (Fsp3) is 0.400. The Morgan fingerprint density at radius 2 is 1.85 bits per heavy atom. The fourth-order valence-corrected chi connectivity index (χ4v) is 5.15. The average molecular weight is 465 g/mol. The molecular weight excluding hydrogens is 448 g/mol. The van der Waals surface area contributed by atoms with Crippen molar-refractivity contribution < 1.29 is 0 Å². The first-order valence-corrected chi connectivity index (χ1v) is 9.50. The van der Waals surface area contributed by atoms with Crippen molar-refractivity contribution >= 4 is 47.8 Å². The Morgan fingerprint density at radius 3 is 2.40 bits per heavy atom. The van der Waals surface area contributed by atoms with Gasteiger partial charge in [-0.3, -0.25) is 4.68 Å². The summed E-state index contributed by atoms with van der Waals surface area (Å²) in [6, 6.07) is 10.6. The predicted molar refractivity (Wildman–Crippen MR) is 94.9 cm³/mol. The molecule has 0 bridgehead atoms. The molecule has 0 amide bonds. The minimum Gasteiger partial charge on any atom is -0.273 e. The molecule has 1 aromatic carbocycles. The third kappa shape index (κ3) is 3.37. The molecule has 0 saturated heterocycles. The highest BCUT2D eigenvalue weighted by Crippen LogP contribution is 2.37. The summed E-state index contributed by atoms with van der Waals surface area (Å²) in [4.78, 5) is 0. The van der Waals surface area contributed by atoms with E-state index in [1.165, 1.54) is 15.7 Å². The Balaban J connectivity index is 2.26. The molecule has 0 atom stereocenters. The third-order valence-electron chi connectivity index (χ3n) is 3.74. The van der Waals surface area contributed by atoms with Crippen LogP contribution in [0.15, 0.2) is 41.0 Å². The van der Waals surface area contributed by atoms with Crippen LogP contribution < -0.4 is 0 Å². The molecule has 0 unspecified atom stereocenters. The van der Waals surface area contributed by atoms with E-state index in [4.69, 9.17) is 0 Å². The number of rotatable bonds is 6. The van der Waals surface area contributed by atoms with Crippen LogP contribution in [0.25, 0.3) is 0 Å². The Kier molecular flexibility index (Phi) is 5.87. The van der Waals surface area contributed by atoms with Crippen LogP contribution in [0, 0.1) is 0 Å². The molecule has 0 saturated carbocycles. The highest BCUT2D eigenvalue weighted by molar-refractivity contribution is 9.10. The molecule has 5 heteroatoms. The first-order valence-electron chi connectivity index (χ1n) is 6.47. The summed E-state index contributed by atoms with van der Waals surface area (Å²) in [7, 11) is 2.00. The lowest BCUT2D eigenvalue weighted by Gasteiger charge is -2.31. The summed E-state index contributed by atoms with van der Waals surface area (Å²) in [5.41, 5.74) is 2.68. The molecule has 2 rings (SSSR count). The summed E-state index contributed by atoms with van der Waals surface area (Å²) < 4.78 is 3.12. The lowest BCUT2D eigenvalue weighted by atomic mass is 9.80. The third-order valence-corrected chi connectivity index (χ3v) is 6.58. The minimum absolute atomic E-state index is 0.0738. The Labute approximate surface area is 145 Å². The monoisotopic (exact) mass is 462 g/mol. The van der Waals surface area contributed by atoms with E-state index in [0.29, 0.717) is 0 Å². The van der Waals surface area contributed by atoms with E-state index in [1.807, 2.05) is 17.9 Å². The van der Waals surface area contributed by atoms with Crippen molar-refractivity contribution in [3.05, 3.63) is 52.3 Å². The maximum Gasteiger partial charge on any atom is 0.0492 e. The van der Waals surface area contributed by atoms with E-state index < -0.39 is 0 Å². The molecule has 0 aliphatic rings. The normalized spacial score (nSPS) is 11.8. The summed E-state index contributed by atoms with van der Waals surface area (Å²) in [5.74, 6) is 0. The zero-order chi connectivity index (χ0) is 14.6. The largest absolute Gasteiger partial charge is 0.273 e. The molecule has 0 N–H and O–H groups in total. The molecule has 0 spiro atoms. The first-order chi connectivity index (χ1) is 9.63. The van der Waals surface area contributed by atoms with Gasteiger partial charge in [0.25, 0.3) is 0 Å². The van der Waals surface area contributed by atoms with Crippen LogP contribution in [0.3, 0.4) is 0 Å². The van der Waals surface area contributed by atoms with E-state index in [9.17, 15) is 0 Å². The highest BCUT2D eigenvalue weighted by atomic mass is 79.9. The molecule has 0 radical (unpaired) electrons. The summed E-state index contributed by atoms with van der Waals surface area (Å²) in [6.07, 6.45) is 3.93. The van der Waals surface area contributed by atoms with Crippen LogP contribution >= 0.6 is 47.8 Å². The van der Waals surface area contributed by atoms with Crippen LogP contribution in [0.1, 0.15) is 17.7 Å². The van der Waals surface area contributed by atoms with Crippen LogP contribution in [-0.4, -0.2) is 20.4 Å². The summed E-state index contributed by atoms with van der Waals surface area (Å²) in [6.45, 7) is 0. The molecule has 1 aromatic heterocycles.